The summed E-state index contributed by atoms with van der Waals surface area (Å²) in [5, 5.41) is 0. The molecule has 2 saturated heterocycles. The summed E-state index contributed by atoms with van der Waals surface area (Å²) >= 11 is 0. The highest BCUT2D eigenvalue weighted by Gasteiger charge is 2.47. The van der Waals surface area contributed by atoms with E-state index in [9.17, 15) is 4.21 Å². The number of hydrogen-bond donors (Lipinski definition) is 0. The van der Waals surface area contributed by atoms with Gasteiger partial charge < -0.3 is 9.64 Å². The molecular weight excluding hydrogens is 198 g/mol. The minimum Gasteiger partial charge on any atom is -0.357 e. The van der Waals surface area contributed by atoms with Crippen molar-refractivity contribution in [3.63, 3.8) is 0 Å². The Bertz CT molecular complexity index is 236. The minimum atomic E-state index is -0.762. The Balaban J connectivity index is 2.05. The second-order valence-corrected chi connectivity index (χ2v) is 6.14. The van der Waals surface area contributed by atoms with Gasteiger partial charge in [-0.05, 0) is 13.5 Å². The molecule has 0 aromatic carbocycles. The van der Waals surface area contributed by atoms with Gasteiger partial charge >= 0.3 is 0 Å². The van der Waals surface area contributed by atoms with Crippen molar-refractivity contribution in [1.29, 1.82) is 0 Å². The van der Waals surface area contributed by atoms with Crippen LogP contribution in [0.15, 0.2) is 0 Å². The van der Waals surface area contributed by atoms with Crippen molar-refractivity contribution in [2.75, 3.05) is 25.9 Å². The van der Waals surface area contributed by atoms with Crippen LogP contribution >= 0.6 is 0 Å². The zero-order valence-electron chi connectivity index (χ0n) is 8.99. The van der Waals surface area contributed by atoms with E-state index in [4.69, 9.17) is 4.74 Å². The highest BCUT2D eigenvalue weighted by atomic mass is 32.2. The summed E-state index contributed by atoms with van der Waals surface area (Å²) in [7, 11) is 1.35. The maximum atomic E-state index is 12.0. The molecule has 0 aromatic heterocycles. The van der Waals surface area contributed by atoms with E-state index in [-0.39, 0.29) is 11.0 Å². The Morgan fingerprint density at radius 1 is 1.50 bits per heavy atom. The predicted octanol–water partition coefficient (Wildman–Crippen LogP) is 0.966. The van der Waals surface area contributed by atoms with Gasteiger partial charge in [0.05, 0.1) is 22.7 Å². The lowest BCUT2D eigenvalue weighted by molar-refractivity contribution is -0.0413. The van der Waals surface area contributed by atoms with E-state index in [1.54, 1.807) is 0 Å². The Kier molecular flexibility index (Phi) is 2.96. The van der Waals surface area contributed by atoms with Gasteiger partial charge in [-0.15, -0.1) is 0 Å². The third-order valence-electron chi connectivity index (χ3n) is 3.34. The molecule has 82 valence electrons. The summed E-state index contributed by atoms with van der Waals surface area (Å²) in [6, 6.07) is 0. The van der Waals surface area contributed by atoms with Crippen LogP contribution in [-0.4, -0.2) is 46.0 Å². The molecule has 2 aliphatic rings. The Hall–Kier alpha value is 0.0700. The van der Waals surface area contributed by atoms with Crippen molar-refractivity contribution < 1.29 is 8.95 Å². The highest BCUT2D eigenvalue weighted by Crippen LogP contribution is 2.37. The molecule has 14 heavy (non-hydrogen) atoms. The molecule has 2 atom stereocenters. The molecule has 0 amide bonds. The molecule has 0 aromatic rings. The monoisotopic (exact) mass is 217 g/mol. The summed E-state index contributed by atoms with van der Waals surface area (Å²) in [5.41, 5.74) is 0. The van der Waals surface area contributed by atoms with E-state index in [2.05, 4.69) is 18.9 Å². The number of hydrogen-bond acceptors (Lipinski definition) is 3. The molecule has 1 spiro atoms. The van der Waals surface area contributed by atoms with Crippen molar-refractivity contribution in [1.82, 2.24) is 4.90 Å². The lowest BCUT2D eigenvalue weighted by atomic mass is 10.1. The average Bonchev–Trinajstić information content (AvgIpc) is 2.49. The summed E-state index contributed by atoms with van der Waals surface area (Å²) in [5.74, 6) is 0.750. The van der Waals surface area contributed by atoms with Gasteiger partial charge in [0.25, 0.3) is 0 Å². The lowest BCUT2D eigenvalue weighted by Gasteiger charge is -2.36. The van der Waals surface area contributed by atoms with E-state index in [1.807, 2.05) is 0 Å². The van der Waals surface area contributed by atoms with Gasteiger partial charge in [0.2, 0.25) is 0 Å². The fourth-order valence-electron chi connectivity index (χ4n) is 2.22. The van der Waals surface area contributed by atoms with Crippen molar-refractivity contribution in [3.8, 4) is 0 Å². The van der Waals surface area contributed by atoms with Gasteiger partial charge in [0.1, 0.15) is 4.93 Å². The zero-order chi connectivity index (χ0) is 10.2. The summed E-state index contributed by atoms with van der Waals surface area (Å²) < 4.78 is 18.0. The first-order valence-corrected chi connectivity index (χ1v) is 6.73. The lowest BCUT2D eigenvalue weighted by Crippen LogP contribution is -2.45. The first kappa shape index (κ1) is 10.6. The molecule has 2 fully saturated rings. The van der Waals surface area contributed by atoms with Crippen molar-refractivity contribution in [2.24, 2.45) is 0 Å². The molecule has 0 aliphatic carbocycles. The highest BCUT2D eigenvalue weighted by molar-refractivity contribution is 7.86. The summed E-state index contributed by atoms with van der Waals surface area (Å²) in [4.78, 5) is 2.00. The van der Waals surface area contributed by atoms with Crippen LogP contribution in [0, 0.1) is 0 Å². The van der Waals surface area contributed by atoms with E-state index in [1.165, 1.54) is 0 Å². The van der Waals surface area contributed by atoms with E-state index >= 15 is 0 Å². The largest absolute Gasteiger partial charge is 0.357 e. The van der Waals surface area contributed by atoms with Gasteiger partial charge in [-0.2, -0.15) is 0 Å². The quantitative estimate of drug-likeness (QED) is 0.655. The number of nitrogens with zero attached hydrogens (tertiary/aromatic N) is 1. The first-order chi connectivity index (χ1) is 6.66. The van der Waals surface area contributed by atoms with Gasteiger partial charge in [0.15, 0.2) is 0 Å². The summed E-state index contributed by atoms with van der Waals surface area (Å²) in [6.07, 6.45) is 3.10. The van der Waals surface area contributed by atoms with Crippen LogP contribution in [0.25, 0.3) is 0 Å². The maximum Gasteiger partial charge on any atom is 0.145 e. The van der Waals surface area contributed by atoms with E-state index in [0.29, 0.717) is 0 Å². The zero-order valence-corrected chi connectivity index (χ0v) is 9.81. The third-order valence-corrected chi connectivity index (χ3v) is 5.35. The van der Waals surface area contributed by atoms with Crippen LogP contribution in [0.3, 0.4) is 0 Å². The number of piperidine rings is 1. The predicted molar refractivity (Wildman–Crippen MR) is 57.6 cm³/mol. The van der Waals surface area contributed by atoms with Gasteiger partial charge in [-0.3, -0.25) is 4.21 Å². The smallest absolute Gasteiger partial charge is 0.145 e. The molecule has 2 rings (SSSR count). The van der Waals surface area contributed by atoms with Crippen molar-refractivity contribution >= 4 is 10.8 Å². The molecule has 0 N–H and O–H groups in total. The number of rotatable bonds is 1. The van der Waals surface area contributed by atoms with E-state index < -0.39 is 10.8 Å². The standard InChI is InChI=1S/C10H19NO2S/c1-3-9-8-14(12)10(13-9)4-6-11(2)7-5-10/h9H,3-8H2,1-2H3. The third kappa shape index (κ3) is 1.75. The van der Waals surface area contributed by atoms with Crippen LogP contribution in [0.5, 0.6) is 0 Å². The van der Waals surface area contributed by atoms with Crippen molar-refractivity contribution in [3.05, 3.63) is 0 Å². The fraction of sp³-hybridized carbons (Fsp3) is 1.00. The molecule has 2 heterocycles. The number of ether oxygens (including phenoxy) is 1. The molecule has 0 radical (unpaired) electrons. The molecule has 0 saturated carbocycles. The molecule has 3 nitrogen and oxygen atoms in total. The minimum absolute atomic E-state index is 0.235. The maximum absolute atomic E-state index is 12.0. The first-order valence-electron chi connectivity index (χ1n) is 5.41. The molecule has 2 aliphatic heterocycles. The normalized spacial score (nSPS) is 37.9. The molecular formula is C10H19NO2S. The molecule has 0 bridgehead atoms. The molecule has 2 unspecified atom stereocenters. The second kappa shape index (κ2) is 3.91. The van der Waals surface area contributed by atoms with Crippen LogP contribution in [-0.2, 0) is 15.5 Å². The van der Waals surface area contributed by atoms with Gasteiger partial charge in [-0.1, -0.05) is 6.92 Å². The fourth-order valence-corrected chi connectivity index (χ4v) is 4.04. The SMILES string of the molecule is CCC1CS(=O)C2(CCN(C)CC2)O1. The van der Waals surface area contributed by atoms with Gasteiger partial charge in [-0.25, -0.2) is 0 Å². The number of likely N-dealkylation sites (tertiary alicyclic amines) is 1. The Morgan fingerprint density at radius 2 is 2.14 bits per heavy atom. The van der Waals surface area contributed by atoms with Crippen LogP contribution in [0.2, 0.25) is 0 Å². The van der Waals surface area contributed by atoms with Crippen LogP contribution in [0.4, 0.5) is 0 Å². The molecule has 4 heteroatoms. The Morgan fingerprint density at radius 3 is 2.64 bits per heavy atom. The summed E-state index contributed by atoms with van der Waals surface area (Å²) in [6.45, 7) is 4.14. The van der Waals surface area contributed by atoms with Crippen LogP contribution in [0.1, 0.15) is 26.2 Å². The van der Waals surface area contributed by atoms with Gasteiger partial charge in [0, 0.05) is 25.9 Å². The van der Waals surface area contributed by atoms with Crippen LogP contribution < -0.4 is 0 Å². The second-order valence-electron chi connectivity index (χ2n) is 4.37. The van der Waals surface area contributed by atoms with E-state index in [0.717, 1.165) is 38.1 Å². The topological polar surface area (TPSA) is 29.5 Å². The average molecular weight is 217 g/mol. The Labute approximate surface area is 88.3 Å². The van der Waals surface area contributed by atoms with Crippen molar-refractivity contribution in [2.45, 2.75) is 37.2 Å².